The molecule has 5 nitrogen and oxygen atoms in total. The Hall–Kier alpha value is -2.01. The molecule has 2 atom stereocenters. The molecule has 1 aromatic heterocycles. The number of nitrogens with zero attached hydrogens (tertiary/aromatic N) is 3. The Kier molecular flexibility index (Phi) is 4.43. The number of benzene rings is 1. The number of rotatable bonds is 3. The summed E-state index contributed by atoms with van der Waals surface area (Å²) < 4.78 is 1.87. The molecule has 138 valence electrons. The third-order valence-corrected chi connectivity index (χ3v) is 6.08. The Labute approximate surface area is 158 Å². The minimum absolute atomic E-state index is 0.0113. The molecule has 5 rings (SSSR count). The van der Waals surface area contributed by atoms with Gasteiger partial charge in [-0.25, -0.2) is 0 Å². The summed E-state index contributed by atoms with van der Waals surface area (Å²) in [6, 6.07) is 7.75. The van der Waals surface area contributed by atoms with Crippen molar-refractivity contribution >= 4 is 34.3 Å². The molecule has 3 fully saturated rings. The van der Waals surface area contributed by atoms with Crippen LogP contribution in [-0.2, 0) is 11.8 Å². The molecule has 0 N–H and O–H groups in total. The molecular weight excluding hydrogens is 350 g/mol. The second-order valence-electron chi connectivity index (χ2n) is 7.44. The lowest BCUT2D eigenvalue weighted by Gasteiger charge is -2.35. The second kappa shape index (κ2) is 6.62. The van der Waals surface area contributed by atoms with Crippen LogP contribution in [0.1, 0.15) is 36.7 Å². The van der Waals surface area contributed by atoms with Crippen LogP contribution in [-0.4, -0.2) is 51.9 Å². The summed E-state index contributed by atoms with van der Waals surface area (Å²) in [4.78, 5) is 29.9. The molecule has 0 radical (unpaired) electrons. The maximum Gasteiger partial charge on any atom is 0.270 e. The molecule has 3 aliphatic heterocycles. The first kappa shape index (κ1) is 17.4. The Morgan fingerprint density at radius 2 is 2.08 bits per heavy atom. The van der Waals surface area contributed by atoms with Crippen molar-refractivity contribution in [2.24, 2.45) is 13.0 Å². The van der Waals surface area contributed by atoms with E-state index in [-0.39, 0.29) is 23.8 Å². The number of hydrogen-bond acceptors (Lipinski definition) is 2. The van der Waals surface area contributed by atoms with Gasteiger partial charge in [0.1, 0.15) is 5.69 Å². The van der Waals surface area contributed by atoms with Gasteiger partial charge in [0.25, 0.3) is 5.91 Å². The number of hydrogen-bond donors (Lipinski definition) is 0. The number of para-hydroxylation sites is 1. The summed E-state index contributed by atoms with van der Waals surface area (Å²) in [5, 5.41) is 1.61. The number of carbonyl (C=O) groups is 2. The molecule has 0 aliphatic carbocycles. The van der Waals surface area contributed by atoms with Crippen LogP contribution < -0.4 is 0 Å². The fourth-order valence-corrected chi connectivity index (χ4v) is 4.78. The maximum atomic E-state index is 13.3. The highest BCUT2D eigenvalue weighted by molar-refractivity contribution is 6.35. The number of aryl methyl sites for hydroxylation is 1. The first-order chi connectivity index (χ1) is 12.5. The number of halogens is 1. The third kappa shape index (κ3) is 2.69. The molecule has 0 saturated carbocycles. The Bertz CT molecular complexity index is 875. The lowest BCUT2D eigenvalue weighted by atomic mass is 9.94. The van der Waals surface area contributed by atoms with Crippen LogP contribution in [0.5, 0.6) is 0 Å². The van der Waals surface area contributed by atoms with E-state index < -0.39 is 0 Å². The second-order valence-corrected chi connectivity index (χ2v) is 7.84. The van der Waals surface area contributed by atoms with Crippen molar-refractivity contribution in [2.75, 3.05) is 19.6 Å². The van der Waals surface area contributed by atoms with Gasteiger partial charge in [0.05, 0.1) is 16.5 Å². The summed E-state index contributed by atoms with van der Waals surface area (Å²) in [6.07, 6.45) is 2.82. The lowest BCUT2D eigenvalue weighted by molar-refractivity contribution is -0.139. The van der Waals surface area contributed by atoms with E-state index >= 15 is 0 Å². The zero-order valence-electron chi connectivity index (χ0n) is 15.2. The number of piperidine rings is 1. The van der Waals surface area contributed by atoms with Crippen LogP contribution in [0.25, 0.3) is 10.9 Å². The van der Waals surface area contributed by atoms with Crippen molar-refractivity contribution < 1.29 is 9.59 Å². The van der Waals surface area contributed by atoms with Gasteiger partial charge < -0.3 is 14.4 Å². The fourth-order valence-electron chi connectivity index (χ4n) is 4.48. The van der Waals surface area contributed by atoms with Gasteiger partial charge in [-0.2, -0.15) is 0 Å². The molecule has 2 aromatic rings. The van der Waals surface area contributed by atoms with E-state index in [9.17, 15) is 9.59 Å². The highest BCUT2D eigenvalue weighted by atomic mass is 35.5. The molecule has 4 heterocycles. The van der Waals surface area contributed by atoms with Gasteiger partial charge in [-0.1, -0.05) is 30.7 Å². The number of carbonyl (C=O) groups excluding carboxylic acids is 2. The summed E-state index contributed by atoms with van der Waals surface area (Å²) in [6.45, 7) is 4.01. The van der Waals surface area contributed by atoms with Crippen molar-refractivity contribution in [3.8, 4) is 0 Å². The Morgan fingerprint density at radius 1 is 1.27 bits per heavy atom. The molecule has 26 heavy (non-hydrogen) atoms. The zero-order valence-corrected chi connectivity index (χ0v) is 16.0. The SMILES string of the molecule is CCCN1C(=O)[C@H]2CC[C@@H]1CN(C(=O)c1cc3cccc(Cl)c3n1C)C2. The van der Waals surface area contributed by atoms with Crippen LogP contribution in [0.15, 0.2) is 24.3 Å². The first-order valence-corrected chi connectivity index (χ1v) is 9.72. The number of fused-ring (bicyclic) bond motifs is 5. The Morgan fingerprint density at radius 3 is 2.81 bits per heavy atom. The van der Waals surface area contributed by atoms with Gasteiger partial charge in [-0.3, -0.25) is 9.59 Å². The number of amides is 2. The van der Waals surface area contributed by atoms with E-state index in [0.717, 1.165) is 36.7 Å². The topological polar surface area (TPSA) is 45.6 Å². The maximum absolute atomic E-state index is 13.3. The van der Waals surface area contributed by atoms with Gasteiger partial charge in [0.2, 0.25) is 5.91 Å². The Balaban J connectivity index is 1.66. The van der Waals surface area contributed by atoms with Crippen LogP contribution >= 0.6 is 11.6 Å². The number of aromatic nitrogens is 1. The minimum Gasteiger partial charge on any atom is -0.338 e. The summed E-state index contributed by atoms with van der Waals surface area (Å²) >= 11 is 6.32. The molecule has 0 spiro atoms. The van der Waals surface area contributed by atoms with Gasteiger partial charge in [0.15, 0.2) is 0 Å². The first-order valence-electron chi connectivity index (χ1n) is 9.35. The highest BCUT2D eigenvalue weighted by Gasteiger charge is 2.41. The normalized spacial score (nSPS) is 23.0. The van der Waals surface area contributed by atoms with Crippen molar-refractivity contribution in [3.05, 3.63) is 35.0 Å². The van der Waals surface area contributed by atoms with E-state index in [1.54, 1.807) is 0 Å². The summed E-state index contributed by atoms with van der Waals surface area (Å²) in [7, 11) is 1.88. The highest BCUT2D eigenvalue weighted by Crippen LogP contribution is 2.31. The molecule has 3 aliphatic rings. The van der Waals surface area contributed by atoms with E-state index in [0.29, 0.717) is 23.8 Å². The smallest absolute Gasteiger partial charge is 0.270 e. The van der Waals surface area contributed by atoms with Gasteiger partial charge >= 0.3 is 0 Å². The summed E-state index contributed by atoms with van der Waals surface area (Å²) in [5.41, 5.74) is 1.50. The van der Waals surface area contributed by atoms with Crippen molar-refractivity contribution in [2.45, 2.75) is 32.2 Å². The van der Waals surface area contributed by atoms with Crippen LogP contribution in [0, 0.1) is 5.92 Å². The zero-order chi connectivity index (χ0) is 18.4. The predicted octanol–water partition coefficient (Wildman–Crippen LogP) is 3.30. The molecule has 6 heteroatoms. The van der Waals surface area contributed by atoms with E-state index in [4.69, 9.17) is 11.6 Å². The van der Waals surface area contributed by atoms with E-state index in [1.165, 1.54) is 0 Å². The third-order valence-electron chi connectivity index (χ3n) is 5.77. The molecule has 2 bridgehead atoms. The average Bonchev–Trinajstić information content (AvgIpc) is 2.77. The van der Waals surface area contributed by atoms with Crippen LogP contribution in [0.2, 0.25) is 5.02 Å². The van der Waals surface area contributed by atoms with E-state index in [2.05, 4.69) is 6.92 Å². The van der Waals surface area contributed by atoms with Crippen LogP contribution in [0.4, 0.5) is 0 Å². The standard InChI is InChI=1S/C20H24ClN3O2/c1-3-9-24-15-8-7-14(19(24)25)11-23(12-15)20(26)17-10-13-5-4-6-16(21)18(13)22(17)2/h4-6,10,14-15H,3,7-9,11-12H2,1-2H3/t14-,15+/m0/s1. The van der Waals surface area contributed by atoms with Crippen molar-refractivity contribution in [3.63, 3.8) is 0 Å². The molecule has 3 saturated heterocycles. The predicted molar refractivity (Wildman–Crippen MR) is 102 cm³/mol. The molecular formula is C20H24ClN3O2. The monoisotopic (exact) mass is 373 g/mol. The fraction of sp³-hybridized carbons (Fsp3) is 0.500. The lowest BCUT2D eigenvalue weighted by Crippen LogP contribution is -2.48. The van der Waals surface area contributed by atoms with Gasteiger partial charge in [-0.15, -0.1) is 0 Å². The molecule has 1 aromatic carbocycles. The van der Waals surface area contributed by atoms with Crippen molar-refractivity contribution in [1.29, 1.82) is 0 Å². The molecule has 0 unspecified atom stereocenters. The van der Waals surface area contributed by atoms with Gasteiger partial charge in [-0.05, 0) is 31.4 Å². The quantitative estimate of drug-likeness (QED) is 0.828. The van der Waals surface area contributed by atoms with Crippen LogP contribution in [0.3, 0.4) is 0 Å². The summed E-state index contributed by atoms with van der Waals surface area (Å²) in [5.74, 6) is 0.142. The average molecular weight is 374 g/mol. The largest absolute Gasteiger partial charge is 0.338 e. The van der Waals surface area contributed by atoms with E-state index in [1.807, 2.05) is 45.7 Å². The van der Waals surface area contributed by atoms with Gasteiger partial charge in [0, 0.05) is 38.1 Å². The minimum atomic E-state index is -0.0671. The van der Waals surface area contributed by atoms with Crippen molar-refractivity contribution in [1.82, 2.24) is 14.4 Å². The molecule has 2 amide bonds.